The van der Waals surface area contributed by atoms with E-state index in [-0.39, 0.29) is 12.2 Å². The second-order valence-corrected chi connectivity index (χ2v) is 3.80. The van der Waals surface area contributed by atoms with Gasteiger partial charge in [-0.2, -0.15) is 5.10 Å². The minimum absolute atomic E-state index is 0.184. The van der Waals surface area contributed by atoms with Crippen LogP contribution in [0.25, 0.3) is 0 Å². The number of methoxy groups -OCH3 is 1. The SMILES string of the molecule is COC(=O)c1c(N)cccc1OCc1ncnn1C. The third kappa shape index (κ3) is 2.65. The van der Waals surface area contributed by atoms with E-state index < -0.39 is 5.97 Å². The molecule has 0 radical (unpaired) electrons. The Morgan fingerprint density at radius 3 is 2.89 bits per heavy atom. The second-order valence-electron chi connectivity index (χ2n) is 3.80. The monoisotopic (exact) mass is 262 g/mol. The summed E-state index contributed by atoms with van der Waals surface area (Å²) in [5, 5.41) is 3.93. The molecule has 7 nitrogen and oxygen atoms in total. The van der Waals surface area contributed by atoms with E-state index in [1.54, 1.807) is 29.9 Å². The minimum Gasteiger partial charge on any atom is -0.485 e. The lowest BCUT2D eigenvalue weighted by atomic mass is 10.1. The van der Waals surface area contributed by atoms with Gasteiger partial charge in [-0.25, -0.2) is 9.78 Å². The zero-order valence-corrected chi connectivity index (χ0v) is 10.7. The first-order valence-corrected chi connectivity index (χ1v) is 5.56. The highest BCUT2D eigenvalue weighted by molar-refractivity contribution is 5.98. The largest absolute Gasteiger partial charge is 0.485 e. The van der Waals surface area contributed by atoms with Gasteiger partial charge in [0.05, 0.1) is 7.11 Å². The second kappa shape index (κ2) is 5.38. The maximum absolute atomic E-state index is 11.7. The molecular formula is C12H14N4O3. The first-order chi connectivity index (χ1) is 9.13. The molecule has 1 aromatic carbocycles. The number of anilines is 1. The maximum atomic E-state index is 11.7. The summed E-state index contributed by atoms with van der Waals surface area (Å²) in [7, 11) is 3.05. The van der Waals surface area contributed by atoms with E-state index in [1.165, 1.54) is 13.4 Å². The highest BCUT2D eigenvalue weighted by atomic mass is 16.5. The molecule has 0 saturated carbocycles. The number of rotatable bonds is 4. The van der Waals surface area contributed by atoms with Crippen LogP contribution in [0.1, 0.15) is 16.2 Å². The number of nitrogens with zero attached hydrogens (tertiary/aromatic N) is 3. The van der Waals surface area contributed by atoms with Crippen LogP contribution < -0.4 is 10.5 Å². The first kappa shape index (κ1) is 12.9. The number of hydrogen-bond acceptors (Lipinski definition) is 6. The highest BCUT2D eigenvalue weighted by Gasteiger charge is 2.17. The Hall–Kier alpha value is -2.57. The van der Waals surface area contributed by atoms with Gasteiger partial charge >= 0.3 is 5.97 Å². The van der Waals surface area contributed by atoms with Crippen LogP contribution in [0.15, 0.2) is 24.5 Å². The minimum atomic E-state index is -0.536. The molecular weight excluding hydrogens is 248 g/mol. The Morgan fingerprint density at radius 1 is 1.47 bits per heavy atom. The molecule has 0 aliphatic carbocycles. The summed E-state index contributed by atoms with van der Waals surface area (Å²) in [6, 6.07) is 4.97. The molecule has 0 bridgehead atoms. The number of aryl methyl sites for hydroxylation is 1. The lowest BCUT2D eigenvalue weighted by Crippen LogP contribution is -2.10. The van der Waals surface area contributed by atoms with Crippen LogP contribution in [0, 0.1) is 0 Å². The van der Waals surface area contributed by atoms with E-state index in [0.717, 1.165) is 0 Å². The third-order valence-electron chi connectivity index (χ3n) is 2.61. The third-order valence-corrected chi connectivity index (χ3v) is 2.61. The van der Waals surface area contributed by atoms with Crippen molar-refractivity contribution in [3.05, 3.63) is 35.9 Å². The quantitative estimate of drug-likeness (QED) is 0.646. The zero-order valence-electron chi connectivity index (χ0n) is 10.7. The summed E-state index contributed by atoms with van der Waals surface area (Å²) in [6.45, 7) is 0.184. The normalized spacial score (nSPS) is 10.2. The smallest absolute Gasteiger partial charge is 0.343 e. The van der Waals surface area contributed by atoms with Crippen molar-refractivity contribution in [1.29, 1.82) is 0 Å². The van der Waals surface area contributed by atoms with Gasteiger partial charge in [0.25, 0.3) is 0 Å². The average molecular weight is 262 g/mol. The molecule has 2 N–H and O–H groups in total. The number of benzene rings is 1. The summed E-state index contributed by atoms with van der Waals surface area (Å²) in [6.07, 6.45) is 1.43. The van der Waals surface area contributed by atoms with E-state index in [4.69, 9.17) is 10.5 Å². The Bertz CT molecular complexity index is 594. The van der Waals surface area contributed by atoms with Crippen molar-refractivity contribution in [1.82, 2.24) is 14.8 Å². The van der Waals surface area contributed by atoms with Crippen LogP contribution in [-0.2, 0) is 18.4 Å². The van der Waals surface area contributed by atoms with Crippen LogP contribution in [-0.4, -0.2) is 27.8 Å². The summed E-state index contributed by atoms with van der Waals surface area (Å²) in [4.78, 5) is 15.7. The summed E-state index contributed by atoms with van der Waals surface area (Å²) < 4.78 is 11.8. The van der Waals surface area contributed by atoms with Crippen molar-refractivity contribution >= 4 is 11.7 Å². The molecule has 100 valence electrons. The Kier molecular flexibility index (Phi) is 3.65. The molecule has 1 heterocycles. The van der Waals surface area contributed by atoms with Crippen molar-refractivity contribution in [2.45, 2.75) is 6.61 Å². The molecule has 2 rings (SSSR count). The lowest BCUT2D eigenvalue weighted by Gasteiger charge is -2.11. The number of nitrogen functional groups attached to an aromatic ring is 1. The van der Waals surface area contributed by atoms with Gasteiger partial charge in [0.1, 0.15) is 24.2 Å². The van der Waals surface area contributed by atoms with Crippen LogP contribution in [0.2, 0.25) is 0 Å². The van der Waals surface area contributed by atoms with Gasteiger partial charge in [-0.3, -0.25) is 4.68 Å². The molecule has 2 aromatic rings. The van der Waals surface area contributed by atoms with E-state index >= 15 is 0 Å². The molecule has 0 aliphatic heterocycles. The van der Waals surface area contributed by atoms with E-state index in [2.05, 4.69) is 14.8 Å². The van der Waals surface area contributed by atoms with Gasteiger partial charge in [0.15, 0.2) is 5.82 Å². The first-order valence-electron chi connectivity index (χ1n) is 5.56. The fourth-order valence-corrected chi connectivity index (χ4v) is 1.58. The van der Waals surface area contributed by atoms with E-state index in [0.29, 0.717) is 17.3 Å². The van der Waals surface area contributed by atoms with Crippen molar-refractivity contribution in [2.24, 2.45) is 7.05 Å². The molecule has 1 aromatic heterocycles. The van der Waals surface area contributed by atoms with Crippen LogP contribution in [0.3, 0.4) is 0 Å². The van der Waals surface area contributed by atoms with Crippen LogP contribution >= 0.6 is 0 Å². The molecule has 0 unspecified atom stereocenters. The summed E-state index contributed by atoms with van der Waals surface area (Å²) >= 11 is 0. The Labute approximate surface area is 110 Å². The summed E-state index contributed by atoms with van der Waals surface area (Å²) in [5.41, 5.74) is 6.29. The topological polar surface area (TPSA) is 92.3 Å². The molecule has 7 heteroatoms. The number of carbonyl (C=O) groups is 1. The van der Waals surface area contributed by atoms with Gasteiger partial charge in [-0.05, 0) is 12.1 Å². The van der Waals surface area contributed by atoms with Crippen molar-refractivity contribution in [2.75, 3.05) is 12.8 Å². The predicted octanol–water partition coefficient (Wildman–Crippen LogP) is 0.763. The van der Waals surface area contributed by atoms with Gasteiger partial charge < -0.3 is 15.2 Å². The number of ether oxygens (including phenoxy) is 2. The fraction of sp³-hybridized carbons (Fsp3) is 0.250. The number of esters is 1. The standard InChI is InChI=1S/C12H14N4O3/c1-16-10(14-7-15-16)6-19-9-5-3-4-8(13)11(9)12(17)18-2/h3-5,7H,6,13H2,1-2H3. The number of nitrogens with two attached hydrogens (primary N) is 1. The molecule has 0 spiro atoms. The summed E-state index contributed by atoms with van der Waals surface area (Å²) in [5.74, 6) is 0.458. The van der Waals surface area contributed by atoms with Crippen molar-refractivity contribution < 1.29 is 14.3 Å². The molecule has 19 heavy (non-hydrogen) atoms. The lowest BCUT2D eigenvalue weighted by molar-refractivity contribution is 0.0596. The van der Waals surface area contributed by atoms with Crippen molar-refractivity contribution in [3.8, 4) is 5.75 Å². The Balaban J connectivity index is 2.23. The van der Waals surface area contributed by atoms with E-state index in [9.17, 15) is 4.79 Å². The molecule has 0 atom stereocenters. The predicted molar refractivity (Wildman–Crippen MR) is 67.5 cm³/mol. The number of aromatic nitrogens is 3. The van der Waals surface area contributed by atoms with Crippen LogP contribution in [0.4, 0.5) is 5.69 Å². The van der Waals surface area contributed by atoms with Gasteiger partial charge in [0, 0.05) is 12.7 Å². The van der Waals surface area contributed by atoms with Crippen molar-refractivity contribution in [3.63, 3.8) is 0 Å². The highest BCUT2D eigenvalue weighted by Crippen LogP contribution is 2.25. The Morgan fingerprint density at radius 2 is 2.26 bits per heavy atom. The molecule has 0 fully saturated rings. The molecule has 0 aliphatic rings. The average Bonchev–Trinajstić information content (AvgIpc) is 2.81. The zero-order chi connectivity index (χ0) is 13.8. The number of carbonyl (C=O) groups excluding carboxylic acids is 1. The molecule has 0 amide bonds. The number of hydrogen-bond donors (Lipinski definition) is 1. The van der Waals surface area contributed by atoms with Gasteiger partial charge in [-0.1, -0.05) is 6.07 Å². The van der Waals surface area contributed by atoms with Crippen LogP contribution in [0.5, 0.6) is 5.75 Å². The maximum Gasteiger partial charge on any atom is 0.343 e. The molecule has 0 saturated heterocycles. The van der Waals surface area contributed by atoms with E-state index in [1.807, 2.05) is 0 Å². The fourth-order valence-electron chi connectivity index (χ4n) is 1.58. The van der Waals surface area contributed by atoms with Gasteiger partial charge in [0.2, 0.25) is 0 Å². The van der Waals surface area contributed by atoms with Gasteiger partial charge in [-0.15, -0.1) is 0 Å².